The SMILES string of the molecule is CCCCCCC(C(N)=O)c1ccc(OC)c(CCOCOC)c1. The maximum absolute atomic E-state index is 11.9. The first-order chi connectivity index (χ1) is 11.6. The quantitative estimate of drug-likeness (QED) is 0.442. The molecule has 0 aliphatic heterocycles. The average molecular weight is 337 g/mol. The summed E-state index contributed by atoms with van der Waals surface area (Å²) in [4.78, 5) is 11.9. The molecule has 0 spiro atoms. The van der Waals surface area contributed by atoms with Crippen LogP contribution in [0.2, 0.25) is 0 Å². The van der Waals surface area contributed by atoms with Crippen molar-refractivity contribution in [3.63, 3.8) is 0 Å². The second-order valence-electron chi connectivity index (χ2n) is 5.94. The summed E-state index contributed by atoms with van der Waals surface area (Å²) in [5.41, 5.74) is 7.61. The third-order valence-corrected chi connectivity index (χ3v) is 4.11. The Bertz CT molecular complexity index is 490. The van der Waals surface area contributed by atoms with E-state index in [9.17, 15) is 4.79 Å². The third-order valence-electron chi connectivity index (χ3n) is 4.11. The van der Waals surface area contributed by atoms with Crippen molar-refractivity contribution in [3.05, 3.63) is 29.3 Å². The number of unbranched alkanes of at least 4 members (excludes halogenated alkanes) is 3. The zero-order chi connectivity index (χ0) is 17.8. The molecule has 1 rings (SSSR count). The standard InChI is InChI=1S/C19H31NO4/c1-4-5-6-7-8-17(19(20)21)15-9-10-18(23-3)16(13-15)11-12-24-14-22-2/h9-10,13,17H,4-8,11-12,14H2,1-3H3,(H2,20,21). The minimum Gasteiger partial charge on any atom is -0.496 e. The molecule has 1 amide bonds. The molecule has 0 fully saturated rings. The van der Waals surface area contributed by atoms with E-state index in [0.717, 1.165) is 36.1 Å². The lowest BCUT2D eigenvalue weighted by Crippen LogP contribution is -2.21. The largest absolute Gasteiger partial charge is 0.496 e. The fourth-order valence-corrected chi connectivity index (χ4v) is 2.78. The molecule has 136 valence electrons. The first kappa shape index (κ1) is 20.5. The summed E-state index contributed by atoms with van der Waals surface area (Å²) in [6.07, 6.45) is 6.00. The third kappa shape index (κ3) is 6.89. The van der Waals surface area contributed by atoms with Gasteiger partial charge in [0.05, 0.1) is 19.6 Å². The normalized spacial score (nSPS) is 12.1. The molecule has 0 aliphatic carbocycles. The maximum atomic E-state index is 11.9. The van der Waals surface area contributed by atoms with Crippen LogP contribution in [-0.4, -0.2) is 33.5 Å². The summed E-state index contributed by atoms with van der Waals surface area (Å²) in [5, 5.41) is 0. The summed E-state index contributed by atoms with van der Waals surface area (Å²) < 4.78 is 15.6. The predicted molar refractivity (Wildman–Crippen MR) is 95.2 cm³/mol. The van der Waals surface area contributed by atoms with E-state index in [2.05, 4.69) is 6.92 Å². The van der Waals surface area contributed by atoms with E-state index in [1.807, 2.05) is 18.2 Å². The zero-order valence-corrected chi connectivity index (χ0v) is 15.2. The first-order valence-corrected chi connectivity index (χ1v) is 8.66. The molecule has 0 radical (unpaired) electrons. The van der Waals surface area contributed by atoms with Crippen LogP contribution in [0, 0.1) is 0 Å². The minimum absolute atomic E-state index is 0.244. The Hall–Kier alpha value is -1.59. The van der Waals surface area contributed by atoms with Gasteiger partial charge in [0.1, 0.15) is 12.5 Å². The van der Waals surface area contributed by atoms with Crippen LogP contribution in [0.4, 0.5) is 0 Å². The molecule has 1 atom stereocenters. The van der Waals surface area contributed by atoms with E-state index in [1.165, 1.54) is 12.8 Å². The molecule has 1 unspecified atom stereocenters. The lowest BCUT2D eigenvalue weighted by Gasteiger charge is -2.17. The van der Waals surface area contributed by atoms with Crippen molar-refractivity contribution < 1.29 is 19.0 Å². The Morgan fingerprint density at radius 2 is 2.00 bits per heavy atom. The van der Waals surface area contributed by atoms with Crippen LogP contribution >= 0.6 is 0 Å². The minimum atomic E-state index is -0.266. The number of primary amides is 1. The number of hydrogen-bond acceptors (Lipinski definition) is 4. The molecule has 2 N–H and O–H groups in total. The molecule has 1 aromatic carbocycles. The van der Waals surface area contributed by atoms with Gasteiger partial charge in [0.2, 0.25) is 5.91 Å². The van der Waals surface area contributed by atoms with Crippen molar-refractivity contribution in [1.82, 2.24) is 0 Å². The summed E-state index contributed by atoms with van der Waals surface area (Å²) in [7, 11) is 3.24. The number of amides is 1. The molecule has 0 bridgehead atoms. The highest BCUT2D eigenvalue weighted by Gasteiger charge is 2.19. The number of rotatable bonds is 13. The highest BCUT2D eigenvalue weighted by Crippen LogP contribution is 2.28. The summed E-state index contributed by atoms with van der Waals surface area (Å²) in [6, 6.07) is 5.86. The van der Waals surface area contributed by atoms with Crippen LogP contribution in [0.3, 0.4) is 0 Å². The molecule has 0 aliphatic rings. The molecule has 24 heavy (non-hydrogen) atoms. The second kappa shape index (κ2) is 11.9. The van der Waals surface area contributed by atoms with Gasteiger partial charge in [-0.3, -0.25) is 4.79 Å². The lowest BCUT2D eigenvalue weighted by molar-refractivity contribution is -0.119. The van der Waals surface area contributed by atoms with Crippen molar-refractivity contribution in [2.24, 2.45) is 5.73 Å². The van der Waals surface area contributed by atoms with E-state index < -0.39 is 0 Å². The Kier molecular flexibility index (Phi) is 10.1. The zero-order valence-electron chi connectivity index (χ0n) is 15.2. The molecule has 0 heterocycles. The molecular weight excluding hydrogens is 306 g/mol. The van der Waals surface area contributed by atoms with E-state index in [1.54, 1.807) is 14.2 Å². The average Bonchev–Trinajstić information content (AvgIpc) is 2.58. The lowest BCUT2D eigenvalue weighted by atomic mass is 9.90. The smallest absolute Gasteiger partial charge is 0.224 e. The van der Waals surface area contributed by atoms with Gasteiger partial charge >= 0.3 is 0 Å². The number of nitrogens with two attached hydrogens (primary N) is 1. The maximum Gasteiger partial charge on any atom is 0.224 e. The van der Waals surface area contributed by atoms with Crippen molar-refractivity contribution in [2.75, 3.05) is 27.6 Å². The number of hydrogen-bond donors (Lipinski definition) is 1. The number of ether oxygens (including phenoxy) is 3. The fraction of sp³-hybridized carbons (Fsp3) is 0.632. The predicted octanol–water partition coefficient (Wildman–Crippen LogP) is 3.40. The van der Waals surface area contributed by atoms with Gasteiger partial charge in [0.15, 0.2) is 0 Å². The molecule has 5 heteroatoms. The van der Waals surface area contributed by atoms with Crippen LogP contribution < -0.4 is 10.5 Å². The van der Waals surface area contributed by atoms with Gasteiger partial charge < -0.3 is 19.9 Å². The van der Waals surface area contributed by atoms with Gasteiger partial charge in [0.25, 0.3) is 0 Å². The number of carbonyl (C=O) groups excluding carboxylic acids is 1. The van der Waals surface area contributed by atoms with Crippen LogP contribution in [0.15, 0.2) is 18.2 Å². The van der Waals surface area contributed by atoms with Gasteiger partial charge in [-0.15, -0.1) is 0 Å². The van der Waals surface area contributed by atoms with Crippen LogP contribution in [0.25, 0.3) is 0 Å². The number of carbonyl (C=O) groups is 1. The molecule has 1 aromatic rings. The van der Waals surface area contributed by atoms with Crippen LogP contribution in [0.5, 0.6) is 5.75 Å². The van der Waals surface area contributed by atoms with Crippen LogP contribution in [0.1, 0.15) is 56.1 Å². The van der Waals surface area contributed by atoms with Gasteiger partial charge in [-0.2, -0.15) is 0 Å². The topological polar surface area (TPSA) is 70.8 Å². The monoisotopic (exact) mass is 337 g/mol. The van der Waals surface area contributed by atoms with Gasteiger partial charge in [-0.1, -0.05) is 44.7 Å². The van der Waals surface area contributed by atoms with E-state index in [4.69, 9.17) is 19.9 Å². The van der Waals surface area contributed by atoms with E-state index in [-0.39, 0.29) is 18.6 Å². The number of methoxy groups -OCH3 is 2. The van der Waals surface area contributed by atoms with Gasteiger partial charge in [-0.05, 0) is 30.0 Å². The Morgan fingerprint density at radius 3 is 2.62 bits per heavy atom. The van der Waals surface area contributed by atoms with Crippen molar-refractivity contribution in [3.8, 4) is 5.75 Å². The Morgan fingerprint density at radius 1 is 1.21 bits per heavy atom. The number of benzene rings is 1. The van der Waals surface area contributed by atoms with Crippen molar-refractivity contribution >= 4 is 5.91 Å². The van der Waals surface area contributed by atoms with Gasteiger partial charge in [0, 0.05) is 7.11 Å². The highest BCUT2D eigenvalue weighted by atomic mass is 16.7. The summed E-state index contributed by atoms with van der Waals surface area (Å²) >= 11 is 0. The Labute approximate surface area is 145 Å². The highest BCUT2D eigenvalue weighted by molar-refractivity contribution is 5.82. The Balaban J connectivity index is 2.80. The van der Waals surface area contributed by atoms with Crippen molar-refractivity contribution in [1.29, 1.82) is 0 Å². The van der Waals surface area contributed by atoms with E-state index in [0.29, 0.717) is 13.0 Å². The first-order valence-electron chi connectivity index (χ1n) is 8.66. The summed E-state index contributed by atoms with van der Waals surface area (Å²) in [6.45, 7) is 2.97. The van der Waals surface area contributed by atoms with Crippen LogP contribution in [-0.2, 0) is 20.7 Å². The fourth-order valence-electron chi connectivity index (χ4n) is 2.78. The molecular formula is C19H31NO4. The van der Waals surface area contributed by atoms with Crippen molar-refractivity contribution in [2.45, 2.75) is 51.4 Å². The molecule has 0 saturated heterocycles. The second-order valence-corrected chi connectivity index (χ2v) is 5.94. The molecule has 0 aromatic heterocycles. The van der Waals surface area contributed by atoms with E-state index >= 15 is 0 Å². The molecule has 0 saturated carbocycles. The summed E-state index contributed by atoms with van der Waals surface area (Å²) in [5.74, 6) is 0.290. The van der Waals surface area contributed by atoms with Gasteiger partial charge in [-0.25, -0.2) is 0 Å². The molecule has 5 nitrogen and oxygen atoms in total.